The first-order chi connectivity index (χ1) is 8.75. The summed E-state index contributed by atoms with van der Waals surface area (Å²) in [5, 5.41) is 0. The van der Waals surface area contributed by atoms with Gasteiger partial charge < -0.3 is 13.6 Å². The highest BCUT2D eigenvalue weighted by Crippen LogP contribution is 2.30. The molecule has 0 fully saturated rings. The van der Waals surface area contributed by atoms with Gasteiger partial charge in [0.05, 0.1) is 13.2 Å². The highest BCUT2D eigenvalue weighted by molar-refractivity contribution is 6.85. The zero-order chi connectivity index (χ0) is 14.9. The average molecular weight is 371 g/mol. The fourth-order valence-electron chi connectivity index (χ4n) is 2.20. The molecule has 0 aromatic heterocycles. The van der Waals surface area contributed by atoms with Gasteiger partial charge in [0.2, 0.25) is 0 Å². The molecule has 0 amide bonds. The molecule has 148 valence electrons. The van der Waals surface area contributed by atoms with Crippen LogP contribution in [0.15, 0.2) is 0 Å². The lowest BCUT2D eigenvalue weighted by Crippen LogP contribution is -2.46. The molecule has 1 unspecified atom stereocenters. The summed E-state index contributed by atoms with van der Waals surface area (Å²) in [5.74, 6) is 0. The molecule has 0 bridgehead atoms. The molecule has 0 N–H and O–H groups in total. The normalized spacial score (nSPS) is 12.1. The molecule has 0 aliphatic rings. The second-order valence-corrected chi connectivity index (χ2v) is 15.5. The first-order valence-corrected chi connectivity index (χ1v) is 13.6. The lowest BCUT2D eigenvalue weighted by atomic mass is 10.4. The molecular weight excluding hydrogens is 320 g/mol. The van der Waals surface area contributed by atoms with Crippen molar-refractivity contribution in [1.29, 1.82) is 0 Å². The van der Waals surface area contributed by atoms with E-state index in [2.05, 4.69) is 40.0 Å². The zero-order valence-electron chi connectivity index (χ0n) is 14.0. The van der Waals surface area contributed by atoms with Crippen molar-refractivity contribution in [3.63, 3.8) is 0 Å². The van der Waals surface area contributed by atoms with Crippen LogP contribution in [0.1, 0.15) is 56.4 Å². The van der Waals surface area contributed by atoms with Gasteiger partial charge in [-0.1, -0.05) is 50.0 Å². The monoisotopic (exact) mass is 370 g/mol. The predicted octanol–water partition coefficient (Wildman–Crippen LogP) is 6.81. The number of ether oxygens (including phenoxy) is 2. The standard InChI is InChI=1S/C14H34O3Si2.4CH4/c1-8-14(2)19(6,7)17-18(4,5)13-9-10-16-12-11-15-3;;;;/h14H,8-13H2,1-7H3;4*1H4. The Kier molecular flexibility index (Phi) is 25.8. The third-order valence-corrected chi connectivity index (χ3v) is 12.5. The number of methoxy groups -OCH3 is 1. The maximum Gasteiger partial charge on any atom is 0.176 e. The lowest BCUT2D eigenvalue weighted by molar-refractivity contribution is 0.0707. The molecule has 0 aromatic rings. The summed E-state index contributed by atoms with van der Waals surface area (Å²) in [5.41, 5.74) is 0.734. The van der Waals surface area contributed by atoms with E-state index in [1.807, 2.05) is 0 Å². The smallest absolute Gasteiger partial charge is 0.176 e. The van der Waals surface area contributed by atoms with Gasteiger partial charge in [-0.2, -0.15) is 0 Å². The van der Waals surface area contributed by atoms with E-state index in [1.165, 1.54) is 12.5 Å². The van der Waals surface area contributed by atoms with Gasteiger partial charge in [-0.3, -0.25) is 0 Å². The Balaban J connectivity index is -0.000000270. The molecule has 3 nitrogen and oxygen atoms in total. The molecule has 0 aromatic carbocycles. The van der Waals surface area contributed by atoms with Crippen LogP contribution in [-0.4, -0.2) is 43.6 Å². The maximum atomic E-state index is 6.60. The van der Waals surface area contributed by atoms with Gasteiger partial charge in [0.1, 0.15) is 0 Å². The van der Waals surface area contributed by atoms with Gasteiger partial charge in [0.25, 0.3) is 0 Å². The number of hydrogen-bond donors (Lipinski definition) is 0. The predicted molar refractivity (Wildman–Crippen MR) is 115 cm³/mol. The second kappa shape index (κ2) is 17.1. The third kappa shape index (κ3) is 16.9. The van der Waals surface area contributed by atoms with Gasteiger partial charge in [-0.25, -0.2) is 0 Å². The molecule has 0 aliphatic carbocycles. The Labute approximate surface area is 151 Å². The van der Waals surface area contributed by atoms with E-state index in [4.69, 9.17) is 13.6 Å². The SMILES string of the molecule is C.C.C.C.CCC(C)[Si](C)(C)O[Si](C)(C)CCCOCCOC. The van der Waals surface area contributed by atoms with Crippen LogP contribution in [0, 0.1) is 0 Å². The van der Waals surface area contributed by atoms with Gasteiger partial charge in [0.15, 0.2) is 16.6 Å². The Bertz CT molecular complexity index is 234. The van der Waals surface area contributed by atoms with E-state index in [0.29, 0.717) is 13.2 Å². The van der Waals surface area contributed by atoms with Crippen molar-refractivity contribution >= 4 is 16.6 Å². The summed E-state index contributed by atoms with van der Waals surface area (Å²) < 4.78 is 17.1. The Morgan fingerprint density at radius 3 is 1.83 bits per heavy atom. The number of hydrogen-bond acceptors (Lipinski definition) is 3. The molecule has 0 saturated carbocycles. The fourth-order valence-corrected chi connectivity index (χ4v) is 11.1. The summed E-state index contributed by atoms with van der Waals surface area (Å²) in [4.78, 5) is 0. The summed E-state index contributed by atoms with van der Waals surface area (Å²) in [7, 11) is -1.35. The molecule has 0 aliphatic heterocycles. The second-order valence-electron chi connectivity index (χ2n) is 6.48. The Morgan fingerprint density at radius 1 is 0.870 bits per heavy atom. The maximum absolute atomic E-state index is 6.60. The molecule has 0 saturated heterocycles. The minimum absolute atomic E-state index is 0. The molecule has 0 heterocycles. The molecular formula is C18H50O3Si2. The van der Waals surface area contributed by atoms with Crippen molar-refractivity contribution in [3.05, 3.63) is 0 Å². The zero-order valence-corrected chi connectivity index (χ0v) is 16.0. The fraction of sp³-hybridized carbons (Fsp3) is 1.00. The van der Waals surface area contributed by atoms with Crippen molar-refractivity contribution < 1.29 is 13.6 Å². The molecule has 0 spiro atoms. The van der Waals surface area contributed by atoms with E-state index in [1.54, 1.807) is 7.11 Å². The average Bonchev–Trinajstić information content (AvgIpc) is 2.31. The Hall–Kier alpha value is 0.314. The summed E-state index contributed by atoms with van der Waals surface area (Å²) in [6.45, 7) is 16.2. The summed E-state index contributed by atoms with van der Waals surface area (Å²) in [6.07, 6.45) is 2.33. The van der Waals surface area contributed by atoms with E-state index < -0.39 is 16.6 Å². The van der Waals surface area contributed by atoms with Crippen LogP contribution in [0.4, 0.5) is 0 Å². The van der Waals surface area contributed by atoms with E-state index in [-0.39, 0.29) is 29.7 Å². The van der Waals surface area contributed by atoms with Crippen LogP contribution in [0.3, 0.4) is 0 Å². The van der Waals surface area contributed by atoms with Crippen LogP contribution in [0.2, 0.25) is 37.8 Å². The molecule has 23 heavy (non-hydrogen) atoms. The van der Waals surface area contributed by atoms with E-state index in [0.717, 1.165) is 18.6 Å². The van der Waals surface area contributed by atoms with Gasteiger partial charge in [-0.15, -0.1) is 0 Å². The van der Waals surface area contributed by atoms with E-state index >= 15 is 0 Å². The van der Waals surface area contributed by atoms with Crippen LogP contribution >= 0.6 is 0 Å². The largest absolute Gasteiger partial charge is 0.455 e. The first kappa shape index (κ1) is 34.6. The van der Waals surface area contributed by atoms with Crippen molar-refractivity contribution in [2.75, 3.05) is 26.9 Å². The van der Waals surface area contributed by atoms with Crippen molar-refractivity contribution in [2.24, 2.45) is 0 Å². The highest BCUT2D eigenvalue weighted by atomic mass is 28.4. The van der Waals surface area contributed by atoms with Crippen molar-refractivity contribution in [2.45, 2.75) is 94.2 Å². The van der Waals surface area contributed by atoms with Crippen molar-refractivity contribution in [3.8, 4) is 0 Å². The quantitative estimate of drug-likeness (QED) is 0.295. The lowest BCUT2D eigenvalue weighted by Gasteiger charge is -2.37. The highest BCUT2D eigenvalue weighted by Gasteiger charge is 2.36. The molecule has 0 rings (SSSR count). The Morgan fingerprint density at radius 2 is 1.39 bits per heavy atom. The third-order valence-electron chi connectivity index (χ3n) is 3.84. The topological polar surface area (TPSA) is 27.7 Å². The molecule has 1 atom stereocenters. The van der Waals surface area contributed by atoms with Crippen LogP contribution in [0.25, 0.3) is 0 Å². The van der Waals surface area contributed by atoms with Crippen molar-refractivity contribution in [1.82, 2.24) is 0 Å². The minimum atomic E-state index is -1.54. The van der Waals surface area contributed by atoms with Gasteiger partial charge in [0, 0.05) is 13.7 Å². The van der Waals surface area contributed by atoms with Gasteiger partial charge >= 0.3 is 0 Å². The van der Waals surface area contributed by atoms with E-state index in [9.17, 15) is 0 Å². The summed E-state index contributed by atoms with van der Waals surface area (Å²) >= 11 is 0. The first-order valence-electron chi connectivity index (χ1n) is 7.52. The minimum Gasteiger partial charge on any atom is -0.455 e. The van der Waals surface area contributed by atoms with Crippen LogP contribution < -0.4 is 0 Å². The summed E-state index contributed by atoms with van der Waals surface area (Å²) in [6, 6.07) is 1.19. The number of rotatable bonds is 11. The van der Waals surface area contributed by atoms with Crippen LogP contribution in [-0.2, 0) is 13.6 Å². The van der Waals surface area contributed by atoms with Crippen LogP contribution in [0.5, 0.6) is 0 Å². The molecule has 5 heteroatoms. The molecule has 0 radical (unpaired) electrons. The van der Waals surface area contributed by atoms with Gasteiger partial charge in [-0.05, 0) is 44.2 Å².